The normalized spacial score (nSPS) is 12.3. The van der Waals surface area contributed by atoms with Crippen LogP contribution in [0, 0.1) is 0 Å². The van der Waals surface area contributed by atoms with Gasteiger partial charge in [-0.05, 0) is 23.1 Å². The standard InChI is InChI=1S/C12H19NO4S/c1-12(2,3)8-6-9(16-4)11(18(13,14)15)10(7-8)17-5/h6-7H,1-5H3,(H2,13,14,15). The zero-order chi connectivity index (χ0) is 14.1. The van der Waals surface area contributed by atoms with Gasteiger partial charge in [0.2, 0.25) is 10.0 Å². The molecule has 0 atom stereocenters. The van der Waals surface area contributed by atoms with Crippen molar-refractivity contribution < 1.29 is 17.9 Å². The molecule has 0 aromatic heterocycles. The van der Waals surface area contributed by atoms with Gasteiger partial charge in [-0.2, -0.15) is 0 Å². The number of nitrogens with two attached hydrogens (primary N) is 1. The molecule has 0 unspecified atom stereocenters. The Bertz CT molecular complexity index is 519. The maximum absolute atomic E-state index is 11.6. The van der Waals surface area contributed by atoms with E-state index >= 15 is 0 Å². The van der Waals surface area contributed by atoms with Crippen molar-refractivity contribution in [2.75, 3.05) is 14.2 Å². The van der Waals surface area contributed by atoms with Crippen LogP contribution in [0.3, 0.4) is 0 Å². The molecule has 6 heteroatoms. The Labute approximate surface area is 108 Å². The summed E-state index contributed by atoms with van der Waals surface area (Å²) in [7, 11) is -1.10. The van der Waals surface area contributed by atoms with Crippen molar-refractivity contribution in [3.05, 3.63) is 17.7 Å². The van der Waals surface area contributed by atoms with Gasteiger partial charge >= 0.3 is 0 Å². The molecule has 18 heavy (non-hydrogen) atoms. The number of hydrogen-bond donors (Lipinski definition) is 1. The molecule has 0 amide bonds. The molecular weight excluding hydrogens is 254 g/mol. The van der Waals surface area contributed by atoms with Crippen LogP contribution in [0.25, 0.3) is 0 Å². The van der Waals surface area contributed by atoms with E-state index in [1.807, 2.05) is 20.8 Å². The van der Waals surface area contributed by atoms with Gasteiger partial charge in [0.25, 0.3) is 0 Å². The van der Waals surface area contributed by atoms with Gasteiger partial charge in [0.15, 0.2) is 4.90 Å². The van der Waals surface area contributed by atoms with Crippen LogP contribution in [0.4, 0.5) is 0 Å². The molecule has 0 saturated heterocycles. The van der Waals surface area contributed by atoms with Gasteiger partial charge < -0.3 is 9.47 Å². The first-order chi connectivity index (χ1) is 8.11. The Morgan fingerprint density at radius 2 is 1.44 bits per heavy atom. The molecule has 0 saturated carbocycles. The van der Waals surface area contributed by atoms with E-state index in [0.717, 1.165) is 5.56 Å². The highest BCUT2D eigenvalue weighted by atomic mass is 32.2. The lowest BCUT2D eigenvalue weighted by Gasteiger charge is -2.22. The Balaban J connectivity index is 3.65. The van der Waals surface area contributed by atoms with E-state index in [1.165, 1.54) is 14.2 Å². The number of benzene rings is 1. The summed E-state index contributed by atoms with van der Waals surface area (Å²) < 4.78 is 33.4. The summed E-state index contributed by atoms with van der Waals surface area (Å²) in [6.07, 6.45) is 0. The molecule has 102 valence electrons. The summed E-state index contributed by atoms with van der Waals surface area (Å²) in [6.45, 7) is 6.04. The fraction of sp³-hybridized carbons (Fsp3) is 0.500. The minimum atomic E-state index is -3.90. The smallest absolute Gasteiger partial charge is 0.245 e. The molecule has 1 aromatic rings. The summed E-state index contributed by atoms with van der Waals surface area (Å²) in [4.78, 5) is -0.125. The van der Waals surface area contributed by atoms with Crippen molar-refractivity contribution >= 4 is 10.0 Å². The highest BCUT2D eigenvalue weighted by Gasteiger charge is 2.25. The lowest BCUT2D eigenvalue weighted by molar-refractivity contribution is 0.370. The van der Waals surface area contributed by atoms with Gasteiger partial charge in [-0.15, -0.1) is 0 Å². The number of rotatable bonds is 3. The summed E-state index contributed by atoms with van der Waals surface area (Å²) in [5.41, 5.74) is 0.751. The minimum absolute atomic E-state index is 0.125. The van der Waals surface area contributed by atoms with Crippen LogP contribution < -0.4 is 14.6 Å². The van der Waals surface area contributed by atoms with Gasteiger partial charge in [0, 0.05) is 0 Å². The summed E-state index contributed by atoms with van der Waals surface area (Å²) in [5.74, 6) is 0.392. The number of ether oxygens (including phenoxy) is 2. The highest BCUT2D eigenvalue weighted by Crippen LogP contribution is 2.37. The SMILES string of the molecule is COc1cc(C(C)(C)C)cc(OC)c1S(N)(=O)=O. The lowest BCUT2D eigenvalue weighted by atomic mass is 9.87. The maximum atomic E-state index is 11.6. The van der Waals surface area contributed by atoms with Crippen LogP contribution in [0.1, 0.15) is 26.3 Å². The van der Waals surface area contributed by atoms with E-state index in [4.69, 9.17) is 14.6 Å². The number of hydrogen-bond acceptors (Lipinski definition) is 4. The first kappa shape index (κ1) is 14.8. The molecule has 1 rings (SSSR count). The Kier molecular flexibility index (Phi) is 3.92. The zero-order valence-corrected chi connectivity index (χ0v) is 12.1. The first-order valence-corrected chi connectivity index (χ1v) is 6.95. The summed E-state index contributed by atoms with van der Waals surface area (Å²) in [5, 5.41) is 5.18. The van der Waals surface area contributed by atoms with E-state index < -0.39 is 10.0 Å². The molecule has 0 radical (unpaired) electrons. The van der Waals surface area contributed by atoms with Gasteiger partial charge in [-0.3, -0.25) is 0 Å². The third kappa shape index (κ3) is 2.94. The molecule has 0 fully saturated rings. The molecule has 0 aliphatic rings. The van der Waals surface area contributed by atoms with Crippen molar-refractivity contribution in [2.45, 2.75) is 31.1 Å². The zero-order valence-electron chi connectivity index (χ0n) is 11.3. The number of sulfonamides is 1. The van der Waals surface area contributed by atoms with E-state index in [2.05, 4.69) is 0 Å². The quantitative estimate of drug-likeness (QED) is 0.908. The second-order valence-electron chi connectivity index (χ2n) is 5.00. The van der Waals surface area contributed by atoms with E-state index in [1.54, 1.807) is 12.1 Å². The van der Waals surface area contributed by atoms with Crippen LogP contribution in [0.15, 0.2) is 17.0 Å². The third-order valence-electron chi connectivity index (χ3n) is 2.61. The lowest BCUT2D eigenvalue weighted by Crippen LogP contribution is -2.17. The number of methoxy groups -OCH3 is 2. The topological polar surface area (TPSA) is 78.6 Å². The fourth-order valence-electron chi connectivity index (χ4n) is 1.59. The Hall–Kier alpha value is -1.27. The molecule has 0 spiro atoms. The first-order valence-electron chi connectivity index (χ1n) is 5.40. The molecule has 5 nitrogen and oxygen atoms in total. The average molecular weight is 273 g/mol. The average Bonchev–Trinajstić information content (AvgIpc) is 2.24. The molecule has 0 heterocycles. The van der Waals surface area contributed by atoms with Crippen LogP contribution in [0.5, 0.6) is 11.5 Å². The van der Waals surface area contributed by atoms with Gasteiger partial charge in [0.1, 0.15) is 11.5 Å². The van der Waals surface area contributed by atoms with Gasteiger partial charge in [-0.25, -0.2) is 13.6 Å². The van der Waals surface area contributed by atoms with Gasteiger partial charge in [-0.1, -0.05) is 20.8 Å². The molecule has 0 aliphatic heterocycles. The van der Waals surface area contributed by atoms with E-state index in [0.29, 0.717) is 0 Å². The van der Waals surface area contributed by atoms with Crippen LogP contribution in [0.2, 0.25) is 0 Å². The molecule has 0 bridgehead atoms. The minimum Gasteiger partial charge on any atom is -0.495 e. The largest absolute Gasteiger partial charge is 0.495 e. The molecule has 1 aromatic carbocycles. The van der Waals surface area contributed by atoms with E-state index in [9.17, 15) is 8.42 Å². The van der Waals surface area contributed by atoms with Crippen molar-refractivity contribution in [3.63, 3.8) is 0 Å². The van der Waals surface area contributed by atoms with Crippen LogP contribution >= 0.6 is 0 Å². The third-order valence-corrected chi connectivity index (χ3v) is 3.58. The van der Waals surface area contributed by atoms with E-state index in [-0.39, 0.29) is 21.8 Å². The Morgan fingerprint density at radius 3 is 1.67 bits per heavy atom. The van der Waals surface area contributed by atoms with Crippen molar-refractivity contribution in [3.8, 4) is 11.5 Å². The predicted octanol–water partition coefficient (Wildman–Crippen LogP) is 1.65. The molecular formula is C12H19NO4S. The summed E-state index contributed by atoms with van der Waals surface area (Å²) >= 11 is 0. The van der Waals surface area contributed by atoms with Crippen molar-refractivity contribution in [1.29, 1.82) is 0 Å². The van der Waals surface area contributed by atoms with Crippen LogP contribution in [-0.4, -0.2) is 22.6 Å². The Morgan fingerprint density at radius 1 is 1.06 bits per heavy atom. The second kappa shape index (κ2) is 4.78. The maximum Gasteiger partial charge on any atom is 0.245 e. The van der Waals surface area contributed by atoms with Gasteiger partial charge in [0.05, 0.1) is 14.2 Å². The fourth-order valence-corrected chi connectivity index (χ4v) is 2.44. The molecule has 2 N–H and O–H groups in total. The van der Waals surface area contributed by atoms with Crippen LogP contribution in [-0.2, 0) is 15.4 Å². The van der Waals surface area contributed by atoms with Crippen molar-refractivity contribution in [1.82, 2.24) is 0 Å². The predicted molar refractivity (Wildman–Crippen MR) is 69.6 cm³/mol. The molecule has 0 aliphatic carbocycles. The summed E-state index contributed by atoms with van der Waals surface area (Å²) in [6, 6.07) is 3.34. The monoisotopic (exact) mass is 273 g/mol. The highest BCUT2D eigenvalue weighted by molar-refractivity contribution is 7.89. The second-order valence-corrected chi connectivity index (χ2v) is 6.50. The van der Waals surface area contributed by atoms with Crippen molar-refractivity contribution in [2.24, 2.45) is 5.14 Å². The number of primary sulfonamides is 1.